The van der Waals surface area contributed by atoms with Gasteiger partial charge < -0.3 is 24.0 Å². The largest absolute Gasteiger partial charge is 1.00 e. The fourth-order valence-corrected chi connectivity index (χ4v) is 6.88. The van der Waals surface area contributed by atoms with E-state index in [0.717, 1.165) is 12.3 Å². The molecule has 0 fully saturated rings. The van der Waals surface area contributed by atoms with E-state index in [0.29, 0.717) is 0 Å². The third kappa shape index (κ3) is 5.57. The topological polar surface area (TPSA) is 0 Å². The van der Waals surface area contributed by atoms with Gasteiger partial charge in [0.25, 0.3) is 0 Å². The number of rotatable bonds is 6. The Kier molecular flexibility index (Phi) is 8.94. The van der Waals surface area contributed by atoms with E-state index in [1.807, 2.05) is 0 Å². The van der Waals surface area contributed by atoms with E-state index in [1.165, 1.54) is 21.8 Å². The molecular formula is C22H28IP. The van der Waals surface area contributed by atoms with Gasteiger partial charge in [-0.1, -0.05) is 47.5 Å². The average molecular weight is 450 g/mol. The summed E-state index contributed by atoms with van der Waals surface area (Å²) in [6.45, 7) is 8.80. The Morgan fingerprint density at radius 1 is 0.667 bits per heavy atom. The minimum atomic E-state index is -1.46. The minimum absolute atomic E-state index is 0. The van der Waals surface area contributed by atoms with Crippen LogP contribution in [0.1, 0.15) is 27.7 Å². The number of benzene rings is 2. The zero-order valence-electron chi connectivity index (χ0n) is 15.2. The molecule has 0 nitrogen and oxygen atoms in total. The number of hydrogen-bond donors (Lipinski definition) is 0. The molecule has 0 saturated heterocycles. The molecule has 0 amide bonds. The number of hydrogen-bond acceptors (Lipinski definition) is 0. The van der Waals surface area contributed by atoms with Gasteiger partial charge in [0.05, 0.1) is 30.2 Å². The van der Waals surface area contributed by atoms with Gasteiger partial charge in [0.1, 0.15) is 0 Å². The van der Waals surface area contributed by atoms with Crippen LogP contribution in [0.4, 0.5) is 0 Å². The summed E-state index contributed by atoms with van der Waals surface area (Å²) in [6.07, 6.45) is 7.11. The van der Waals surface area contributed by atoms with E-state index in [4.69, 9.17) is 0 Å². The molecule has 0 unspecified atom stereocenters. The number of allylic oxidation sites excluding steroid dienone is 4. The summed E-state index contributed by atoms with van der Waals surface area (Å²) in [7, 11) is -1.46. The maximum absolute atomic E-state index is 2.42. The monoisotopic (exact) mass is 450 g/mol. The molecule has 0 aliphatic rings. The average Bonchev–Trinajstić information content (AvgIpc) is 2.56. The Morgan fingerprint density at radius 2 is 1.00 bits per heavy atom. The van der Waals surface area contributed by atoms with Crippen LogP contribution in [0.5, 0.6) is 0 Å². The molecule has 0 atom stereocenters. The standard InChI is InChI=1S/C22H28P.HI/c1-19(2)15-17-23(18-16-20(3)4,21-11-7-5-8-12-21)22-13-9-6-10-14-22;/h5-16H,17-18H2,1-4H3;1H/q+1;/p-1. The molecule has 0 saturated carbocycles. The van der Waals surface area contributed by atoms with Crippen molar-refractivity contribution in [1.82, 2.24) is 0 Å². The van der Waals surface area contributed by atoms with E-state index in [2.05, 4.69) is 101 Å². The van der Waals surface area contributed by atoms with Crippen molar-refractivity contribution in [2.24, 2.45) is 0 Å². The quantitative estimate of drug-likeness (QED) is 0.361. The molecule has 24 heavy (non-hydrogen) atoms. The summed E-state index contributed by atoms with van der Waals surface area (Å²) < 4.78 is 0. The van der Waals surface area contributed by atoms with Crippen LogP contribution in [0, 0.1) is 0 Å². The lowest BCUT2D eigenvalue weighted by molar-refractivity contribution is -0.00000493. The van der Waals surface area contributed by atoms with E-state index >= 15 is 0 Å². The highest BCUT2D eigenvalue weighted by atomic mass is 127. The first-order chi connectivity index (χ1) is 11.0. The Balaban J connectivity index is 0.00000288. The molecule has 0 N–H and O–H groups in total. The second-order valence-electron chi connectivity index (χ2n) is 6.57. The molecule has 0 aromatic heterocycles. The van der Waals surface area contributed by atoms with Gasteiger partial charge in [0.15, 0.2) is 0 Å². The van der Waals surface area contributed by atoms with Crippen LogP contribution in [-0.2, 0) is 0 Å². The summed E-state index contributed by atoms with van der Waals surface area (Å²) in [5.41, 5.74) is 2.80. The SMILES string of the molecule is CC(C)=CC[P+](CC=C(C)C)(c1ccccc1)c1ccccc1.[I-]. The van der Waals surface area contributed by atoms with Gasteiger partial charge in [-0.3, -0.25) is 0 Å². The smallest absolute Gasteiger partial charge is 0.0998 e. The normalized spacial score (nSPS) is 10.5. The van der Waals surface area contributed by atoms with Gasteiger partial charge in [0, 0.05) is 0 Å². The zero-order valence-corrected chi connectivity index (χ0v) is 18.2. The van der Waals surface area contributed by atoms with E-state index in [-0.39, 0.29) is 24.0 Å². The van der Waals surface area contributed by atoms with Crippen LogP contribution >= 0.6 is 7.26 Å². The molecule has 0 aliphatic carbocycles. The fraction of sp³-hybridized carbons (Fsp3) is 0.273. The van der Waals surface area contributed by atoms with Crippen molar-refractivity contribution in [2.75, 3.05) is 12.3 Å². The molecule has 2 rings (SSSR count). The van der Waals surface area contributed by atoms with Crippen LogP contribution in [-0.4, -0.2) is 12.3 Å². The second-order valence-corrected chi connectivity index (χ2v) is 10.3. The minimum Gasteiger partial charge on any atom is -1.00 e. The predicted molar refractivity (Wildman–Crippen MR) is 108 cm³/mol. The van der Waals surface area contributed by atoms with Gasteiger partial charge in [0.2, 0.25) is 0 Å². The second kappa shape index (κ2) is 10.2. The van der Waals surface area contributed by atoms with Gasteiger partial charge >= 0.3 is 0 Å². The third-order valence-electron chi connectivity index (χ3n) is 4.12. The summed E-state index contributed by atoms with van der Waals surface area (Å²) >= 11 is 0. The molecule has 2 aromatic rings. The lowest BCUT2D eigenvalue weighted by atomic mass is 10.3. The Bertz CT molecular complexity index is 602. The lowest BCUT2D eigenvalue weighted by Crippen LogP contribution is -3.00. The van der Waals surface area contributed by atoms with Gasteiger partial charge in [-0.2, -0.15) is 0 Å². The van der Waals surface area contributed by atoms with E-state index in [1.54, 1.807) is 0 Å². The van der Waals surface area contributed by atoms with Crippen molar-refractivity contribution < 1.29 is 24.0 Å². The van der Waals surface area contributed by atoms with Crippen LogP contribution in [0.25, 0.3) is 0 Å². The molecule has 0 spiro atoms. The first-order valence-corrected chi connectivity index (χ1v) is 10.5. The van der Waals surface area contributed by atoms with Gasteiger partial charge in [-0.25, -0.2) is 0 Å². The maximum atomic E-state index is 2.42. The van der Waals surface area contributed by atoms with Crippen LogP contribution in [0.15, 0.2) is 84.0 Å². The molecule has 0 aliphatic heterocycles. The molecule has 2 aromatic carbocycles. The van der Waals surface area contributed by atoms with E-state index in [9.17, 15) is 0 Å². The summed E-state index contributed by atoms with van der Waals surface area (Å²) in [5, 5.41) is 3.00. The third-order valence-corrected chi connectivity index (χ3v) is 8.31. The van der Waals surface area contributed by atoms with Crippen molar-refractivity contribution in [3.05, 3.63) is 84.0 Å². The van der Waals surface area contributed by atoms with Gasteiger partial charge in [-0.15, -0.1) is 0 Å². The van der Waals surface area contributed by atoms with Crippen molar-refractivity contribution >= 4 is 17.9 Å². The first-order valence-electron chi connectivity index (χ1n) is 8.29. The zero-order chi connectivity index (χ0) is 16.7. The van der Waals surface area contributed by atoms with Crippen molar-refractivity contribution in [3.8, 4) is 0 Å². The molecule has 0 radical (unpaired) electrons. The summed E-state index contributed by atoms with van der Waals surface area (Å²) in [5.74, 6) is 0. The maximum Gasteiger partial charge on any atom is 0.0998 e. The fourth-order valence-electron chi connectivity index (χ4n) is 2.75. The Hall–Kier alpha value is -0.920. The van der Waals surface area contributed by atoms with Crippen molar-refractivity contribution in [1.29, 1.82) is 0 Å². The Morgan fingerprint density at radius 3 is 1.29 bits per heavy atom. The van der Waals surface area contributed by atoms with Crippen LogP contribution in [0.2, 0.25) is 0 Å². The molecular weight excluding hydrogens is 422 g/mol. The lowest BCUT2D eigenvalue weighted by Gasteiger charge is -2.26. The van der Waals surface area contributed by atoms with Crippen molar-refractivity contribution in [3.63, 3.8) is 0 Å². The van der Waals surface area contributed by atoms with Crippen LogP contribution in [0.3, 0.4) is 0 Å². The van der Waals surface area contributed by atoms with Gasteiger partial charge in [-0.05, 0) is 64.1 Å². The highest BCUT2D eigenvalue weighted by molar-refractivity contribution is 7.89. The molecule has 0 bridgehead atoms. The Labute approximate surface area is 165 Å². The predicted octanol–water partition coefficient (Wildman–Crippen LogP) is 2.59. The summed E-state index contributed by atoms with van der Waals surface area (Å²) in [6, 6.07) is 22.2. The molecule has 0 heterocycles. The van der Waals surface area contributed by atoms with E-state index < -0.39 is 7.26 Å². The molecule has 128 valence electrons. The van der Waals surface area contributed by atoms with Crippen molar-refractivity contribution in [2.45, 2.75) is 27.7 Å². The highest BCUT2D eigenvalue weighted by Crippen LogP contribution is 2.56. The van der Waals surface area contributed by atoms with Crippen LogP contribution < -0.4 is 34.6 Å². The highest BCUT2D eigenvalue weighted by Gasteiger charge is 2.40. The first kappa shape index (κ1) is 21.1. The molecule has 2 heteroatoms. The summed E-state index contributed by atoms with van der Waals surface area (Å²) in [4.78, 5) is 0. The number of halogens is 1.